The van der Waals surface area contributed by atoms with Crippen molar-refractivity contribution in [1.29, 1.82) is 0 Å². The van der Waals surface area contributed by atoms with Gasteiger partial charge < -0.3 is 24.3 Å². The largest absolute Gasteiger partial charge is 0.468 e. The Morgan fingerprint density at radius 3 is 2.85 bits per heavy atom. The molecule has 27 heavy (non-hydrogen) atoms. The normalized spacial score (nSPS) is 43.9. The number of fused-ring (bicyclic) bond motifs is 2. The summed E-state index contributed by atoms with van der Waals surface area (Å²) in [6, 6.07) is 3.76. The van der Waals surface area contributed by atoms with E-state index in [1.165, 1.54) is 0 Å². The second-order valence-corrected chi connectivity index (χ2v) is 9.07. The number of ether oxygens (including phenoxy) is 2. The molecule has 3 fully saturated rings. The average Bonchev–Trinajstić information content (AvgIpc) is 3.23. The number of carbonyl (C=O) groups is 1. The number of furan rings is 1. The highest BCUT2D eigenvalue weighted by Gasteiger charge is 2.67. The maximum Gasteiger partial charge on any atom is 0.310 e. The molecule has 2 saturated carbocycles. The van der Waals surface area contributed by atoms with Gasteiger partial charge in [-0.3, -0.25) is 4.79 Å². The van der Waals surface area contributed by atoms with Crippen molar-refractivity contribution in [2.45, 2.75) is 69.8 Å². The van der Waals surface area contributed by atoms with Crippen LogP contribution in [0.1, 0.15) is 51.7 Å². The lowest BCUT2D eigenvalue weighted by atomic mass is 9.49. The molecule has 2 aliphatic carbocycles. The second kappa shape index (κ2) is 6.61. The van der Waals surface area contributed by atoms with E-state index in [0.29, 0.717) is 25.9 Å². The van der Waals surface area contributed by atoms with Crippen LogP contribution in [-0.4, -0.2) is 42.0 Å². The van der Waals surface area contributed by atoms with Gasteiger partial charge in [0.15, 0.2) is 0 Å². The Kier molecular flexibility index (Phi) is 4.64. The summed E-state index contributed by atoms with van der Waals surface area (Å²) in [5.74, 6) is 0.447. The van der Waals surface area contributed by atoms with Crippen LogP contribution in [0.4, 0.5) is 0 Å². The van der Waals surface area contributed by atoms with E-state index in [9.17, 15) is 9.90 Å². The molecule has 0 amide bonds. The zero-order valence-electron chi connectivity index (χ0n) is 16.5. The first-order valence-corrected chi connectivity index (χ1v) is 10.0. The van der Waals surface area contributed by atoms with Crippen molar-refractivity contribution in [2.75, 3.05) is 13.7 Å². The molecular weight excluding hydrogens is 346 g/mol. The molecule has 0 radical (unpaired) electrons. The first kappa shape index (κ1) is 19.0. The lowest BCUT2D eigenvalue weighted by molar-refractivity contribution is -0.270. The Hall–Kier alpha value is -1.37. The predicted molar refractivity (Wildman–Crippen MR) is 98.8 cm³/mol. The first-order chi connectivity index (χ1) is 12.8. The highest BCUT2D eigenvalue weighted by molar-refractivity contribution is 5.75. The lowest BCUT2D eigenvalue weighted by Gasteiger charge is -2.62. The van der Waals surface area contributed by atoms with E-state index in [1.54, 1.807) is 13.4 Å². The van der Waals surface area contributed by atoms with E-state index in [-0.39, 0.29) is 29.3 Å². The zero-order valence-corrected chi connectivity index (χ0v) is 16.5. The number of nitrogens with one attached hydrogen (secondary N) is 1. The molecule has 0 bridgehead atoms. The van der Waals surface area contributed by atoms with Gasteiger partial charge in [-0.1, -0.05) is 6.92 Å². The quantitative estimate of drug-likeness (QED) is 0.768. The van der Waals surface area contributed by atoms with Crippen molar-refractivity contribution in [3.05, 3.63) is 24.2 Å². The average molecular weight is 377 g/mol. The number of methoxy groups -OCH3 is 1. The summed E-state index contributed by atoms with van der Waals surface area (Å²) < 4.78 is 17.0. The number of carbonyl (C=O) groups excluding carboxylic acids is 1. The van der Waals surface area contributed by atoms with Crippen LogP contribution in [0.2, 0.25) is 0 Å². The molecule has 3 aliphatic rings. The molecule has 0 spiro atoms. The molecule has 1 aromatic rings. The fraction of sp³-hybridized carbons (Fsp3) is 0.762. The minimum absolute atomic E-state index is 0.00671. The second-order valence-electron chi connectivity index (χ2n) is 9.07. The summed E-state index contributed by atoms with van der Waals surface area (Å²) in [5.41, 5.74) is -1.85. The summed E-state index contributed by atoms with van der Waals surface area (Å²) in [5, 5.41) is 15.2. The van der Waals surface area contributed by atoms with Gasteiger partial charge in [-0.15, -0.1) is 0 Å². The van der Waals surface area contributed by atoms with Gasteiger partial charge in [0.05, 0.1) is 29.9 Å². The van der Waals surface area contributed by atoms with E-state index in [2.05, 4.69) is 12.2 Å². The predicted octanol–water partition coefficient (Wildman–Crippen LogP) is 2.65. The van der Waals surface area contributed by atoms with E-state index < -0.39 is 11.2 Å². The Morgan fingerprint density at radius 2 is 2.15 bits per heavy atom. The standard InChI is InChI=1S/C21H31NO5/c1-19-7-5-8-20(2,25-3)21(19,24)10-15-16(18(23)27-17(15)11-19)13-22-12-14-6-4-9-26-14/h4,6,9,15-17,22,24H,5,7-8,10-13H2,1-3H3/t15-,16-,17-,19-,20-,21+/m1/s1. The summed E-state index contributed by atoms with van der Waals surface area (Å²) in [6.45, 7) is 5.26. The van der Waals surface area contributed by atoms with Gasteiger partial charge in [-0.05, 0) is 51.2 Å². The number of esters is 1. The fourth-order valence-corrected chi connectivity index (χ4v) is 5.88. The van der Waals surface area contributed by atoms with Gasteiger partial charge in [0.1, 0.15) is 11.9 Å². The van der Waals surface area contributed by atoms with Gasteiger partial charge in [0.2, 0.25) is 0 Å². The van der Waals surface area contributed by atoms with Crippen LogP contribution in [0.3, 0.4) is 0 Å². The molecule has 1 saturated heterocycles. The maximum absolute atomic E-state index is 12.6. The molecule has 4 rings (SSSR count). The van der Waals surface area contributed by atoms with Gasteiger partial charge in [0.25, 0.3) is 0 Å². The third-order valence-electron chi connectivity index (χ3n) is 7.70. The SMILES string of the molecule is CO[C@]1(C)CCC[C@]2(C)C[C@H]3OC(=O)[C@H](CNCc4ccco4)[C@H]3C[C@]21O. The molecule has 0 aromatic carbocycles. The molecule has 2 N–H and O–H groups in total. The van der Waals surface area contributed by atoms with Crippen LogP contribution in [0, 0.1) is 17.3 Å². The number of hydrogen-bond donors (Lipinski definition) is 2. The number of aliphatic hydroxyl groups is 1. The molecule has 6 heteroatoms. The van der Waals surface area contributed by atoms with Crippen LogP contribution in [0.15, 0.2) is 22.8 Å². The third-order valence-corrected chi connectivity index (χ3v) is 7.70. The molecule has 2 heterocycles. The smallest absolute Gasteiger partial charge is 0.310 e. The fourth-order valence-electron chi connectivity index (χ4n) is 5.88. The van der Waals surface area contributed by atoms with Crippen LogP contribution < -0.4 is 5.32 Å². The van der Waals surface area contributed by atoms with Crippen molar-refractivity contribution in [3.8, 4) is 0 Å². The Labute approximate surface area is 160 Å². The molecular formula is C21H31NO5. The maximum atomic E-state index is 12.6. The molecule has 0 unspecified atom stereocenters. The third kappa shape index (κ3) is 2.84. The van der Waals surface area contributed by atoms with Crippen molar-refractivity contribution in [1.82, 2.24) is 5.32 Å². The highest BCUT2D eigenvalue weighted by Crippen LogP contribution is 2.61. The van der Waals surface area contributed by atoms with Crippen LogP contribution in [-0.2, 0) is 20.8 Å². The van der Waals surface area contributed by atoms with Gasteiger partial charge in [-0.2, -0.15) is 0 Å². The molecule has 1 aliphatic heterocycles. The Balaban J connectivity index is 1.52. The van der Waals surface area contributed by atoms with Gasteiger partial charge in [0, 0.05) is 25.0 Å². The molecule has 150 valence electrons. The lowest BCUT2D eigenvalue weighted by Crippen LogP contribution is -2.69. The van der Waals surface area contributed by atoms with Crippen molar-refractivity contribution in [2.24, 2.45) is 17.3 Å². The van der Waals surface area contributed by atoms with Gasteiger partial charge in [-0.25, -0.2) is 0 Å². The number of rotatable bonds is 5. The van der Waals surface area contributed by atoms with Crippen molar-refractivity contribution in [3.63, 3.8) is 0 Å². The number of hydrogen-bond acceptors (Lipinski definition) is 6. The zero-order chi connectivity index (χ0) is 19.3. The highest BCUT2D eigenvalue weighted by atomic mass is 16.6. The summed E-state index contributed by atoms with van der Waals surface area (Å²) in [7, 11) is 1.69. The van der Waals surface area contributed by atoms with Crippen molar-refractivity contribution < 1.29 is 23.8 Å². The van der Waals surface area contributed by atoms with Gasteiger partial charge >= 0.3 is 5.97 Å². The van der Waals surface area contributed by atoms with E-state index in [0.717, 1.165) is 25.0 Å². The van der Waals surface area contributed by atoms with Crippen molar-refractivity contribution >= 4 is 5.97 Å². The molecule has 6 atom stereocenters. The van der Waals surface area contributed by atoms with E-state index in [1.807, 2.05) is 19.1 Å². The minimum atomic E-state index is -0.957. The Bertz CT molecular complexity index is 691. The first-order valence-electron chi connectivity index (χ1n) is 10.0. The Morgan fingerprint density at radius 1 is 1.33 bits per heavy atom. The molecule has 6 nitrogen and oxygen atoms in total. The summed E-state index contributed by atoms with van der Waals surface area (Å²) in [6.07, 6.45) is 5.56. The minimum Gasteiger partial charge on any atom is -0.468 e. The molecule has 1 aromatic heterocycles. The summed E-state index contributed by atoms with van der Waals surface area (Å²) >= 11 is 0. The topological polar surface area (TPSA) is 80.9 Å². The monoisotopic (exact) mass is 377 g/mol. The van der Waals surface area contributed by atoms with Crippen LogP contribution in [0.25, 0.3) is 0 Å². The van der Waals surface area contributed by atoms with E-state index >= 15 is 0 Å². The van der Waals surface area contributed by atoms with Crippen LogP contribution in [0.5, 0.6) is 0 Å². The summed E-state index contributed by atoms with van der Waals surface area (Å²) in [4.78, 5) is 12.6. The van der Waals surface area contributed by atoms with E-state index in [4.69, 9.17) is 13.9 Å². The van der Waals surface area contributed by atoms with Crippen LogP contribution >= 0.6 is 0 Å².